The van der Waals surface area contributed by atoms with E-state index in [0.29, 0.717) is 17.7 Å². The first-order chi connectivity index (χ1) is 30.7. The molecule has 0 saturated heterocycles. The van der Waals surface area contributed by atoms with E-state index in [2.05, 4.69) is 215 Å². The molecule has 0 bridgehead atoms. The molecule has 0 saturated carbocycles. The van der Waals surface area contributed by atoms with Gasteiger partial charge < -0.3 is 4.57 Å². The van der Waals surface area contributed by atoms with Crippen LogP contribution in [0.25, 0.3) is 110 Å². The Labute approximate surface area is 357 Å². The number of hydrogen-bond acceptors (Lipinski definition) is 2. The molecule has 2 unspecified atom stereocenters. The van der Waals surface area contributed by atoms with Gasteiger partial charge in [-0.15, -0.1) is 0 Å². The lowest BCUT2D eigenvalue weighted by atomic mass is 9.70. The Hall–Kier alpha value is -8.08. The molecule has 12 aromatic rings. The number of allylic oxidation sites excluding steroid dienone is 4. The maximum Gasteiger partial charge on any atom is 0.162 e. The fraction of sp³-hybridized carbons (Fsp3) is 0.0345. The Balaban J connectivity index is 1.03. The van der Waals surface area contributed by atoms with Gasteiger partial charge in [0.05, 0.1) is 27.6 Å². The summed E-state index contributed by atoms with van der Waals surface area (Å²) in [6, 6.07) is 66.7. The van der Waals surface area contributed by atoms with Crippen LogP contribution in [0.1, 0.15) is 23.0 Å². The van der Waals surface area contributed by atoms with Crippen molar-refractivity contribution in [2.75, 3.05) is 0 Å². The highest BCUT2D eigenvalue weighted by Crippen LogP contribution is 2.50. The van der Waals surface area contributed by atoms with E-state index in [1.807, 2.05) is 0 Å². The van der Waals surface area contributed by atoms with Crippen LogP contribution in [0.4, 0.5) is 0 Å². The van der Waals surface area contributed by atoms with Gasteiger partial charge in [0, 0.05) is 50.0 Å². The van der Waals surface area contributed by atoms with E-state index in [1.54, 1.807) is 0 Å². The number of para-hydroxylation sites is 2. The molecule has 0 aliphatic heterocycles. The van der Waals surface area contributed by atoms with E-state index in [-0.39, 0.29) is 0 Å². The van der Waals surface area contributed by atoms with Gasteiger partial charge in [-0.3, -0.25) is 4.57 Å². The molecule has 14 rings (SSSR count). The Morgan fingerprint density at radius 2 is 0.952 bits per heavy atom. The number of hydrogen-bond donors (Lipinski definition) is 0. The van der Waals surface area contributed by atoms with E-state index in [0.717, 1.165) is 39.0 Å². The third-order valence-corrected chi connectivity index (χ3v) is 13.6. The van der Waals surface area contributed by atoms with Crippen molar-refractivity contribution in [2.24, 2.45) is 0 Å². The largest absolute Gasteiger partial charge is 0.309 e. The quantitative estimate of drug-likeness (QED) is 0.179. The standard InChI is InChI=1S/C58H36N4/c1-3-15-37-32-55-49(29-35(37)13-1)46-21-10-12-24-53(46)61(55)40-26-28-54-51(34-40)50-30-36-14-2-4-16-38(36)33-56(50)62(54)58-47-22-9-11-23-52(47)59-57(60-58)39-25-27-45-43-19-6-5-17-41(43)42-18-7-8-20-44(42)48(45)31-39/h1-34,41,43H. The highest BCUT2D eigenvalue weighted by Gasteiger charge is 2.32. The average Bonchev–Trinajstić information content (AvgIpc) is 3.83. The zero-order chi connectivity index (χ0) is 40.5. The van der Waals surface area contributed by atoms with Gasteiger partial charge in [-0.1, -0.05) is 140 Å². The summed E-state index contributed by atoms with van der Waals surface area (Å²) in [6.45, 7) is 0. The lowest BCUT2D eigenvalue weighted by Gasteiger charge is -2.34. The first kappa shape index (κ1) is 33.7. The van der Waals surface area contributed by atoms with E-state index >= 15 is 0 Å². The molecule has 2 aliphatic rings. The van der Waals surface area contributed by atoms with Gasteiger partial charge in [0.1, 0.15) is 5.82 Å². The molecule has 0 fully saturated rings. The summed E-state index contributed by atoms with van der Waals surface area (Å²) in [7, 11) is 0. The van der Waals surface area contributed by atoms with Crippen LogP contribution in [0, 0.1) is 0 Å². The van der Waals surface area contributed by atoms with Gasteiger partial charge in [-0.25, -0.2) is 9.97 Å². The second-order valence-electron chi connectivity index (χ2n) is 16.9. The van der Waals surface area contributed by atoms with Crippen LogP contribution in [-0.2, 0) is 0 Å². The van der Waals surface area contributed by atoms with Crippen molar-refractivity contribution in [2.45, 2.75) is 11.8 Å². The minimum absolute atomic E-state index is 0.297. The van der Waals surface area contributed by atoms with Crippen molar-refractivity contribution < 1.29 is 0 Å². The predicted octanol–water partition coefficient (Wildman–Crippen LogP) is 14.8. The van der Waals surface area contributed by atoms with Crippen LogP contribution in [0.5, 0.6) is 0 Å². The van der Waals surface area contributed by atoms with Crippen LogP contribution in [0.3, 0.4) is 0 Å². The third-order valence-electron chi connectivity index (χ3n) is 13.6. The van der Waals surface area contributed by atoms with Crippen LogP contribution in [-0.4, -0.2) is 19.1 Å². The van der Waals surface area contributed by atoms with Crippen LogP contribution in [0.15, 0.2) is 206 Å². The summed E-state index contributed by atoms with van der Waals surface area (Å²) in [4.78, 5) is 10.9. The summed E-state index contributed by atoms with van der Waals surface area (Å²) in [6.07, 6.45) is 9.08. The van der Waals surface area contributed by atoms with Gasteiger partial charge in [0.2, 0.25) is 0 Å². The molecule has 2 aliphatic carbocycles. The molecule has 4 heteroatoms. The first-order valence-corrected chi connectivity index (χ1v) is 21.5. The van der Waals surface area contributed by atoms with Gasteiger partial charge in [0.15, 0.2) is 5.82 Å². The van der Waals surface area contributed by atoms with Crippen LogP contribution < -0.4 is 0 Å². The Kier molecular flexibility index (Phi) is 6.92. The van der Waals surface area contributed by atoms with Crippen molar-refractivity contribution in [3.05, 3.63) is 217 Å². The summed E-state index contributed by atoms with van der Waals surface area (Å²) >= 11 is 0. The van der Waals surface area contributed by atoms with Gasteiger partial charge in [-0.2, -0.15) is 0 Å². The summed E-state index contributed by atoms with van der Waals surface area (Å²) in [5.41, 5.74) is 12.9. The lowest BCUT2D eigenvalue weighted by Crippen LogP contribution is -2.16. The highest BCUT2D eigenvalue weighted by atomic mass is 15.1. The summed E-state index contributed by atoms with van der Waals surface area (Å²) in [5.74, 6) is 2.21. The maximum atomic E-state index is 5.58. The number of rotatable bonds is 3. The molecule has 2 atom stereocenters. The number of nitrogens with zero attached hydrogens (tertiary/aromatic N) is 4. The van der Waals surface area contributed by atoms with Crippen molar-refractivity contribution in [3.63, 3.8) is 0 Å². The molecule has 9 aromatic carbocycles. The van der Waals surface area contributed by atoms with Crippen molar-refractivity contribution >= 4 is 76.1 Å². The highest BCUT2D eigenvalue weighted by molar-refractivity contribution is 6.17. The lowest BCUT2D eigenvalue weighted by molar-refractivity contribution is 0.720. The molecule has 0 radical (unpaired) electrons. The van der Waals surface area contributed by atoms with E-state index in [9.17, 15) is 0 Å². The topological polar surface area (TPSA) is 35.6 Å². The fourth-order valence-corrected chi connectivity index (χ4v) is 10.8. The SMILES string of the molecule is C1=CC2c3ccccc3-c3cc(-c4nc(-n5c6ccc(-n7c8ccccc8c8cc9ccccc9cc87)cc6c6cc7ccccc7cc65)c5ccccc5n4)ccc3C2C=C1. The molecule has 0 N–H and O–H groups in total. The Morgan fingerprint density at radius 1 is 0.371 bits per heavy atom. The molecule has 3 aromatic heterocycles. The minimum Gasteiger partial charge on any atom is -0.309 e. The third kappa shape index (κ3) is 4.77. The molecule has 3 heterocycles. The van der Waals surface area contributed by atoms with E-state index in [4.69, 9.17) is 9.97 Å². The van der Waals surface area contributed by atoms with Crippen LogP contribution >= 0.6 is 0 Å². The molecule has 0 spiro atoms. The number of benzene rings is 9. The summed E-state index contributed by atoms with van der Waals surface area (Å²) in [5, 5.41) is 10.7. The second-order valence-corrected chi connectivity index (χ2v) is 16.9. The van der Waals surface area contributed by atoms with Crippen molar-refractivity contribution in [3.8, 4) is 34.0 Å². The zero-order valence-electron chi connectivity index (χ0n) is 33.6. The molecule has 62 heavy (non-hydrogen) atoms. The normalized spacial score (nSPS) is 15.6. The zero-order valence-corrected chi connectivity index (χ0v) is 33.6. The fourth-order valence-electron chi connectivity index (χ4n) is 10.8. The van der Waals surface area contributed by atoms with E-state index < -0.39 is 0 Å². The molecular weight excluding hydrogens is 753 g/mol. The molecule has 0 amide bonds. The predicted molar refractivity (Wildman–Crippen MR) is 258 cm³/mol. The molecular formula is C58H36N4. The summed E-state index contributed by atoms with van der Waals surface area (Å²) < 4.78 is 4.82. The molecule has 4 nitrogen and oxygen atoms in total. The minimum atomic E-state index is 0.297. The molecule has 288 valence electrons. The first-order valence-electron chi connectivity index (χ1n) is 21.5. The van der Waals surface area contributed by atoms with Crippen LogP contribution in [0.2, 0.25) is 0 Å². The second kappa shape index (κ2) is 12.7. The van der Waals surface area contributed by atoms with Gasteiger partial charge >= 0.3 is 0 Å². The van der Waals surface area contributed by atoms with Gasteiger partial charge in [0.25, 0.3) is 0 Å². The van der Waals surface area contributed by atoms with Crippen molar-refractivity contribution in [1.82, 2.24) is 19.1 Å². The monoisotopic (exact) mass is 788 g/mol. The Morgan fingerprint density at radius 3 is 1.73 bits per heavy atom. The van der Waals surface area contributed by atoms with Gasteiger partial charge in [-0.05, 0) is 111 Å². The Bertz CT molecular complexity index is 3950. The van der Waals surface area contributed by atoms with E-state index in [1.165, 1.54) is 76.4 Å². The maximum absolute atomic E-state index is 5.58. The smallest absolute Gasteiger partial charge is 0.162 e. The number of fused-ring (bicyclic) bond motifs is 15. The van der Waals surface area contributed by atoms with Crippen molar-refractivity contribution in [1.29, 1.82) is 0 Å². The average molecular weight is 789 g/mol. The number of aromatic nitrogens is 4.